The molecule has 0 heterocycles. The molecular formula is C22H28N4O4. The highest BCUT2D eigenvalue weighted by molar-refractivity contribution is 5.92. The number of carbonyl (C=O) groups excluding carboxylic acids is 3. The second-order valence-electron chi connectivity index (χ2n) is 7.07. The Kier molecular flexibility index (Phi) is 8.37. The molecule has 0 fully saturated rings. The molecule has 0 saturated carbocycles. The highest BCUT2D eigenvalue weighted by Crippen LogP contribution is 2.11. The van der Waals surface area contributed by atoms with Gasteiger partial charge in [0.1, 0.15) is 17.8 Å². The summed E-state index contributed by atoms with van der Waals surface area (Å²) in [4.78, 5) is 37.1. The molecule has 2 rings (SSSR count). The molecule has 2 aromatic carbocycles. The van der Waals surface area contributed by atoms with E-state index in [0.29, 0.717) is 6.42 Å². The maximum absolute atomic E-state index is 12.5. The van der Waals surface area contributed by atoms with E-state index in [4.69, 9.17) is 5.73 Å². The highest BCUT2D eigenvalue weighted by atomic mass is 16.3. The fourth-order valence-corrected chi connectivity index (χ4v) is 2.89. The summed E-state index contributed by atoms with van der Waals surface area (Å²) in [6, 6.07) is 13.2. The van der Waals surface area contributed by atoms with Crippen LogP contribution in [-0.4, -0.2) is 48.0 Å². The number of hydrogen-bond donors (Lipinski definition) is 5. The van der Waals surface area contributed by atoms with E-state index in [-0.39, 0.29) is 18.1 Å². The minimum Gasteiger partial charge on any atom is -0.508 e. The van der Waals surface area contributed by atoms with Crippen LogP contribution >= 0.6 is 0 Å². The Morgan fingerprint density at radius 2 is 1.47 bits per heavy atom. The first-order valence-corrected chi connectivity index (χ1v) is 9.70. The summed E-state index contributed by atoms with van der Waals surface area (Å²) in [7, 11) is 1.50. The van der Waals surface area contributed by atoms with Crippen LogP contribution in [0.5, 0.6) is 5.75 Å². The minimum absolute atomic E-state index is 0.128. The molecule has 0 aliphatic carbocycles. The molecule has 2 aromatic rings. The molecule has 30 heavy (non-hydrogen) atoms. The van der Waals surface area contributed by atoms with Gasteiger partial charge < -0.3 is 26.8 Å². The summed E-state index contributed by atoms with van der Waals surface area (Å²) in [5.41, 5.74) is 7.63. The number of amides is 3. The quantitative estimate of drug-likeness (QED) is 0.402. The Balaban J connectivity index is 1.92. The summed E-state index contributed by atoms with van der Waals surface area (Å²) >= 11 is 0. The van der Waals surface area contributed by atoms with Crippen molar-refractivity contribution in [3.05, 3.63) is 65.7 Å². The summed E-state index contributed by atoms with van der Waals surface area (Å²) in [6.07, 6.45) is 0.586. The number of nitrogens with one attached hydrogen (secondary N) is 3. The minimum atomic E-state index is -0.869. The van der Waals surface area contributed by atoms with E-state index in [2.05, 4.69) is 16.0 Å². The van der Waals surface area contributed by atoms with Crippen molar-refractivity contribution in [1.82, 2.24) is 16.0 Å². The van der Waals surface area contributed by atoms with Crippen molar-refractivity contribution in [2.75, 3.05) is 7.05 Å². The average molecular weight is 412 g/mol. The summed E-state index contributed by atoms with van der Waals surface area (Å²) in [6.45, 7) is 1.53. The van der Waals surface area contributed by atoms with E-state index in [1.54, 1.807) is 12.1 Å². The molecule has 0 saturated heterocycles. The number of carbonyl (C=O) groups is 3. The van der Waals surface area contributed by atoms with Gasteiger partial charge >= 0.3 is 0 Å². The van der Waals surface area contributed by atoms with Crippen LogP contribution in [0.25, 0.3) is 0 Å². The summed E-state index contributed by atoms with van der Waals surface area (Å²) in [5.74, 6) is -1.16. The van der Waals surface area contributed by atoms with E-state index in [0.717, 1.165) is 11.1 Å². The average Bonchev–Trinajstić information content (AvgIpc) is 2.74. The molecule has 6 N–H and O–H groups in total. The fourth-order valence-electron chi connectivity index (χ4n) is 2.89. The maximum atomic E-state index is 12.5. The van der Waals surface area contributed by atoms with Gasteiger partial charge in [-0.25, -0.2) is 0 Å². The third kappa shape index (κ3) is 6.89. The van der Waals surface area contributed by atoms with Crippen LogP contribution in [-0.2, 0) is 27.2 Å². The van der Waals surface area contributed by atoms with Gasteiger partial charge in [-0.05, 0) is 36.6 Å². The van der Waals surface area contributed by atoms with Crippen LogP contribution in [0.1, 0.15) is 18.1 Å². The van der Waals surface area contributed by atoms with E-state index >= 15 is 0 Å². The second-order valence-corrected chi connectivity index (χ2v) is 7.07. The topological polar surface area (TPSA) is 134 Å². The second kappa shape index (κ2) is 11.0. The Morgan fingerprint density at radius 1 is 0.867 bits per heavy atom. The van der Waals surface area contributed by atoms with Crippen molar-refractivity contribution < 1.29 is 19.5 Å². The lowest BCUT2D eigenvalue weighted by Gasteiger charge is -2.22. The van der Waals surface area contributed by atoms with Gasteiger partial charge in [0.15, 0.2) is 0 Å². The molecule has 0 aliphatic heterocycles. The molecule has 0 spiro atoms. The normalized spacial score (nSPS) is 13.6. The van der Waals surface area contributed by atoms with Crippen molar-refractivity contribution in [3.8, 4) is 5.75 Å². The SMILES string of the molecule is CNC(=O)[C@H](Cc1ccccc1)NC(=O)[C@@H](C)NC(=O)[C@@H](N)Cc1ccc(O)cc1. The van der Waals surface area contributed by atoms with E-state index < -0.39 is 29.9 Å². The molecule has 0 radical (unpaired) electrons. The number of rotatable bonds is 9. The van der Waals surface area contributed by atoms with Gasteiger partial charge in [0.25, 0.3) is 0 Å². The van der Waals surface area contributed by atoms with Crippen LogP contribution in [0, 0.1) is 0 Å². The first kappa shape index (κ1) is 22.9. The Bertz CT molecular complexity index is 855. The van der Waals surface area contributed by atoms with Crippen molar-refractivity contribution in [2.24, 2.45) is 5.73 Å². The molecule has 8 heteroatoms. The van der Waals surface area contributed by atoms with Crippen LogP contribution in [0.15, 0.2) is 54.6 Å². The predicted molar refractivity (Wildman–Crippen MR) is 114 cm³/mol. The number of phenols is 1. The van der Waals surface area contributed by atoms with Gasteiger partial charge in [-0.1, -0.05) is 42.5 Å². The molecule has 3 amide bonds. The molecular weight excluding hydrogens is 384 g/mol. The molecule has 0 bridgehead atoms. The zero-order valence-corrected chi connectivity index (χ0v) is 17.1. The third-order valence-corrected chi connectivity index (χ3v) is 4.64. The summed E-state index contributed by atoms with van der Waals surface area (Å²) in [5, 5.41) is 17.1. The number of benzene rings is 2. The van der Waals surface area contributed by atoms with Gasteiger partial charge in [-0.15, -0.1) is 0 Å². The van der Waals surface area contributed by atoms with Crippen molar-refractivity contribution in [3.63, 3.8) is 0 Å². The molecule has 0 aliphatic rings. The first-order valence-electron chi connectivity index (χ1n) is 9.70. The zero-order valence-electron chi connectivity index (χ0n) is 17.1. The largest absolute Gasteiger partial charge is 0.508 e. The van der Waals surface area contributed by atoms with E-state index in [1.165, 1.54) is 26.1 Å². The van der Waals surface area contributed by atoms with Gasteiger partial charge in [0.05, 0.1) is 6.04 Å². The summed E-state index contributed by atoms with van der Waals surface area (Å²) < 4.78 is 0. The molecule has 160 valence electrons. The Labute approximate surface area is 175 Å². The number of phenolic OH excluding ortho intramolecular Hbond substituents is 1. The third-order valence-electron chi connectivity index (χ3n) is 4.64. The standard InChI is InChI=1S/C22H28N4O4/c1-14(25-21(29)18(23)12-16-8-10-17(27)11-9-16)20(28)26-19(22(30)24-2)13-15-6-4-3-5-7-15/h3-11,14,18-19,27H,12-13,23H2,1-2H3,(H,24,30)(H,25,29)(H,26,28)/t14-,18+,19+/m1/s1. The fraction of sp³-hybridized carbons (Fsp3) is 0.318. The predicted octanol–water partition coefficient (Wildman–Crippen LogP) is 0.240. The zero-order chi connectivity index (χ0) is 22.1. The van der Waals surface area contributed by atoms with Crippen LogP contribution in [0.2, 0.25) is 0 Å². The van der Waals surface area contributed by atoms with Crippen molar-refractivity contribution in [2.45, 2.75) is 37.9 Å². The van der Waals surface area contributed by atoms with Crippen LogP contribution in [0.3, 0.4) is 0 Å². The van der Waals surface area contributed by atoms with Gasteiger partial charge in [0.2, 0.25) is 17.7 Å². The Morgan fingerprint density at radius 3 is 2.07 bits per heavy atom. The van der Waals surface area contributed by atoms with E-state index in [1.807, 2.05) is 30.3 Å². The molecule has 8 nitrogen and oxygen atoms in total. The van der Waals surface area contributed by atoms with Crippen LogP contribution < -0.4 is 21.7 Å². The van der Waals surface area contributed by atoms with Gasteiger partial charge in [0, 0.05) is 13.5 Å². The lowest BCUT2D eigenvalue weighted by Crippen LogP contribution is -2.55. The lowest BCUT2D eigenvalue weighted by molar-refractivity contribution is -0.131. The number of likely N-dealkylation sites (N-methyl/N-ethyl adjacent to an activating group) is 1. The maximum Gasteiger partial charge on any atom is 0.242 e. The van der Waals surface area contributed by atoms with Crippen molar-refractivity contribution in [1.29, 1.82) is 0 Å². The number of nitrogens with two attached hydrogens (primary N) is 1. The van der Waals surface area contributed by atoms with E-state index in [9.17, 15) is 19.5 Å². The highest BCUT2D eigenvalue weighted by Gasteiger charge is 2.25. The van der Waals surface area contributed by atoms with Crippen LogP contribution in [0.4, 0.5) is 0 Å². The molecule has 3 atom stereocenters. The van der Waals surface area contributed by atoms with Crippen molar-refractivity contribution >= 4 is 17.7 Å². The lowest BCUT2D eigenvalue weighted by atomic mass is 10.0. The molecule has 0 aromatic heterocycles. The van der Waals surface area contributed by atoms with Gasteiger partial charge in [-0.3, -0.25) is 14.4 Å². The smallest absolute Gasteiger partial charge is 0.242 e. The number of aromatic hydroxyl groups is 1. The number of hydrogen-bond acceptors (Lipinski definition) is 5. The molecule has 0 unspecified atom stereocenters. The first-order chi connectivity index (χ1) is 14.3. The Hall–Kier alpha value is -3.39. The van der Waals surface area contributed by atoms with Gasteiger partial charge in [-0.2, -0.15) is 0 Å². The monoisotopic (exact) mass is 412 g/mol.